The first-order valence-electron chi connectivity index (χ1n) is 5.86. The van der Waals surface area contributed by atoms with Gasteiger partial charge in [-0.1, -0.05) is 26.3 Å². The molecule has 2 aliphatic rings. The van der Waals surface area contributed by atoms with Crippen molar-refractivity contribution in [1.29, 1.82) is 0 Å². The Morgan fingerprint density at radius 2 is 1.93 bits per heavy atom. The van der Waals surface area contributed by atoms with E-state index >= 15 is 0 Å². The van der Waals surface area contributed by atoms with Crippen molar-refractivity contribution in [2.24, 2.45) is 23.7 Å². The standard InChI is InChI=1S/C13H22S/c1-7(2)12-8(3)6-11-9(4)10(5)14-13(11)12/h7-8,11-13H,6H2,1-5H3. The van der Waals surface area contributed by atoms with Crippen LogP contribution in [0.4, 0.5) is 0 Å². The zero-order chi connectivity index (χ0) is 10.5. The molecule has 0 radical (unpaired) electrons. The van der Waals surface area contributed by atoms with Crippen LogP contribution in [0.5, 0.6) is 0 Å². The lowest BCUT2D eigenvalue weighted by atomic mass is 9.87. The fraction of sp³-hybridized carbons (Fsp3) is 0.846. The van der Waals surface area contributed by atoms with Crippen LogP contribution in [-0.2, 0) is 0 Å². The molecule has 0 amide bonds. The van der Waals surface area contributed by atoms with Gasteiger partial charge in [0.2, 0.25) is 0 Å². The van der Waals surface area contributed by atoms with E-state index < -0.39 is 0 Å². The van der Waals surface area contributed by atoms with Crippen LogP contribution in [0.25, 0.3) is 0 Å². The minimum atomic E-state index is 0.853. The second-order valence-electron chi connectivity index (χ2n) is 5.46. The molecular formula is C13H22S. The van der Waals surface area contributed by atoms with E-state index in [1.54, 1.807) is 10.5 Å². The van der Waals surface area contributed by atoms with Crippen molar-refractivity contribution in [3.05, 3.63) is 10.5 Å². The van der Waals surface area contributed by atoms with Crippen molar-refractivity contribution in [3.8, 4) is 0 Å². The van der Waals surface area contributed by atoms with E-state index in [9.17, 15) is 0 Å². The predicted molar refractivity (Wildman–Crippen MR) is 65.4 cm³/mol. The van der Waals surface area contributed by atoms with Gasteiger partial charge in [0, 0.05) is 5.25 Å². The Kier molecular flexibility index (Phi) is 2.72. The van der Waals surface area contributed by atoms with Crippen molar-refractivity contribution in [2.45, 2.75) is 46.3 Å². The summed E-state index contributed by atoms with van der Waals surface area (Å²) in [6.07, 6.45) is 1.43. The molecule has 1 saturated carbocycles. The third-order valence-corrected chi connectivity index (χ3v) is 5.84. The molecule has 1 aliphatic heterocycles. The first kappa shape index (κ1) is 10.6. The summed E-state index contributed by atoms with van der Waals surface area (Å²) >= 11 is 2.16. The summed E-state index contributed by atoms with van der Waals surface area (Å²) in [6.45, 7) is 11.9. The van der Waals surface area contributed by atoms with Crippen LogP contribution in [0, 0.1) is 23.7 Å². The molecule has 1 heterocycles. The molecule has 0 aromatic heterocycles. The molecular weight excluding hydrogens is 188 g/mol. The highest BCUT2D eigenvalue weighted by molar-refractivity contribution is 8.04. The highest BCUT2D eigenvalue weighted by Gasteiger charge is 2.46. The molecule has 0 N–H and O–H groups in total. The van der Waals surface area contributed by atoms with Crippen LogP contribution in [0.2, 0.25) is 0 Å². The molecule has 1 fully saturated rings. The zero-order valence-electron chi connectivity index (χ0n) is 10.0. The zero-order valence-corrected chi connectivity index (χ0v) is 10.8. The van der Waals surface area contributed by atoms with Gasteiger partial charge >= 0.3 is 0 Å². The van der Waals surface area contributed by atoms with E-state index in [4.69, 9.17) is 0 Å². The van der Waals surface area contributed by atoms with Gasteiger partial charge in [-0.2, -0.15) is 0 Å². The highest BCUT2D eigenvalue weighted by atomic mass is 32.2. The highest BCUT2D eigenvalue weighted by Crippen LogP contribution is 2.56. The fourth-order valence-electron chi connectivity index (χ4n) is 3.46. The van der Waals surface area contributed by atoms with E-state index in [2.05, 4.69) is 46.4 Å². The number of thioether (sulfide) groups is 1. The molecule has 1 aliphatic carbocycles. The molecule has 4 unspecified atom stereocenters. The maximum atomic E-state index is 2.45. The summed E-state index contributed by atoms with van der Waals surface area (Å²) in [7, 11) is 0. The lowest BCUT2D eigenvalue weighted by molar-refractivity contribution is 0.320. The third kappa shape index (κ3) is 1.44. The Morgan fingerprint density at radius 3 is 2.50 bits per heavy atom. The van der Waals surface area contributed by atoms with Crippen molar-refractivity contribution in [2.75, 3.05) is 0 Å². The summed E-state index contributed by atoms with van der Waals surface area (Å²) in [5.74, 6) is 3.63. The summed E-state index contributed by atoms with van der Waals surface area (Å²) in [4.78, 5) is 1.61. The van der Waals surface area contributed by atoms with Crippen LogP contribution in [-0.4, -0.2) is 5.25 Å². The van der Waals surface area contributed by atoms with Crippen LogP contribution in [0.1, 0.15) is 41.0 Å². The van der Waals surface area contributed by atoms with Gasteiger partial charge in [0.25, 0.3) is 0 Å². The van der Waals surface area contributed by atoms with Gasteiger partial charge in [0.15, 0.2) is 0 Å². The van der Waals surface area contributed by atoms with E-state index in [-0.39, 0.29) is 0 Å². The average Bonchev–Trinajstić information content (AvgIpc) is 2.51. The van der Waals surface area contributed by atoms with E-state index in [0.717, 1.165) is 28.9 Å². The summed E-state index contributed by atoms with van der Waals surface area (Å²) < 4.78 is 0. The van der Waals surface area contributed by atoms with Crippen molar-refractivity contribution in [3.63, 3.8) is 0 Å². The smallest absolute Gasteiger partial charge is 0.0190 e. The maximum Gasteiger partial charge on any atom is 0.0190 e. The van der Waals surface area contributed by atoms with E-state index in [1.165, 1.54) is 6.42 Å². The Balaban J connectivity index is 2.21. The van der Waals surface area contributed by atoms with Gasteiger partial charge in [0.1, 0.15) is 0 Å². The van der Waals surface area contributed by atoms with Gasteiger partial charge in [-0.05, 0) is 48.8 Å². The Labute approximate surface area is 92.5 Å². The minimum Gasteiger partial charge on any atom is -0.127 e. The van der Waals surface area contributed by atoms with Gasteiger partial charge in [-0.25, -0.2) is 0 Å². The number of fused-ring (bicyclic) bond motifs is 1. The van der Waals surface area contributed by atoms with Gasteiger partial charge in [-0.3, -0.25) is 0 Å². The molecule has 0 aromatic rings. The number of rotatable bonds is 1. The summed E-state index contributed by atoms with van der Waals surface area (Å²) in [6, 6.07) is 0. The maximum absolute atomic E-state index is 2.45. The Hall–Kier alpha value is 0.0900. The van der Waals surface area contributed by atoms with Crippen molar-refractivity contribution < 1.29 is 0 Å². The van der Waals surface area contributed by atoms with Gasteiger partial charge in [0.05, 0.1) is 0 Å². The monoisotopic (exact) mass is 210 g/mol. The molecule has 4 atom stereocenters. The molecule has 14 heavy (non-hydrogen) atoms. The molecule has 0 nitrogen and oxygen atoms in total. The molecule has 2 rings (SSSR count). The van der Waals surface area contributed by atoms with E-state index in [0.29, 0.717) is 0 Å². The second-order valence-corrected chi connectivity index (χ2v) is 6.85. The molecule has 0 bridgehead atoms. The van der Waals surface area contributed by atoms with Gasteiger partial charge in [-0.15, -0.1) is 11.8 Å². The van der Waals surface area contributed by atoms with Crippen LogP contribution < -0.4 is 0 Å². The summed E-state index contributed by atoms with van der Waals surface area (Å²) in [5, 5.41) is 0.907. The van der Waals surface area contributed by atoms with E-state index in [1.807, 2.05) is 0 Å². The predicted octanol–water partition coefficient (Wildman–Crippen LogP) is 4.32. The molecule has 0 spiro atoms. The third-order valence-electron chi connectivity index (χ3n) is 4.25. The quantitative estimate of drug-likeness (QED) is 0.621. The minimum absolute atomic E-state index is 0.853. The number of hydrogen-bond acceptors (Lipinski definition) is 1. The molecule has 0 saturated heterocycles. The topological polar surface area (TPSA) is 0 Å². The second kappa shape index (κ2) is 3.59. The molecule has 80 valence electrons. The molecule has 1 heteroatoms. The normalized spacial score (nSPS) is 42.4. The lowest BCUT2D eigenvalue weighted by Gasteiger charge is -2.25. The Morgan fingerprint density at radius 1 is 1.29 bits per heavy atom. The first-order chi connectivity index (χ1) is 6.52. The Bertz CT molecular complexity index is 264. The molecule has 0 aromatic carbocycles. The van der Waals surface area contributed by atoms with Crippen LogP contribution >= 0.6 is 11.8 Å². The SMILES string of the molecule is CC1=C(C)C2CC(C)C(C(C)C)C2S1. The lowest BCUT2D eigenvalue weighted by Crippen LogP contribution is -2.22. The van der Waals surface area contributed by atoms with Crippen molar-refractivity contribution >= 4 is 11.8 Å². The fourth-order valence-corrected chi connectivity index (χ4v) is 5.43. The number of allylic oxidation sites excluding steroid dienone is 2. The van der Waals surface area contributed by atoms with Crippen LogP contribution in [0.3, 0.4) is 0 Å². The van der Waals surface area contributed by atoms with Crippen LogP contribution in [0.15, 0.2) is 10.5 Å². The first-order valence-corrected chi connectivity index (χ1v) is 6.74. The largest absolute Gasteiger partial charge is 0.127 e. The van der Waals surface area contributed by atoms with Crippen molar-refractivity contribution in [1.82, 2.24) is 0 Å². The number of hydrogen-bond donors (Lipinski definition) is 0. The summed E-state index contributed by atoms with van der Waals surface area (Å²) in [5.41, 5.74) is 1.69. The van der Waals surface area contributed by atoms with Gasteiger partial charge < -0.3 is 0 Å². The average molecular weight is 210 g/mol.